The standard InChI is InChI=1S/C9H12BrN3O/c10-7-5-12-6-13-8(7)9(11)1-3-14-4-2-9/h5-6H,1-4,11H2. The molecule has 1 saturated heterocycles. The Labute approximate surface area is 91.0 Å². The van der Waals surface area contributed by atoms with Gasteiger partial charge in [0, 0.05) is 19.4 Å². The molecule has 1 aliphatic heterocycles. The largest absolute Gasteiger partial charge is 0.381 e. The second-order valence-corrected chi connectivity index (χ2v) is 4.34. The summed E-state index contributed by atoms with van der Waals surface area (Å²) in [6.45, 7) is 1.40. The lowest BCUT2D eigenvalue weighted by Gasteiger charge is -2.33. The number of halogens is 1. The van der Waals surface area contributed by atoms with Crippen molar-refractivity contribution < 1.29 is 4.74 Å². The zero-order chi connectivity index (χ0) is 10.0. The summed E-state index contributed by atoms with van der Waals surface area (Å²) in [6, 6.07) is 0. The number of nitrogens with zero attached hydrogens (tertiary/aromatic N) is 2. The Morgan fingerprint density at radius 2 is 2.14 bits per heavy atom. The van der Waals surface area contributed by atoms with Crippen molar-refractivity contribution in [2.45, 2.75) is 18.4 Å². The Morgan fingerprint density at radius 3 is 2.79 bits per heavy atom. The van der Waals surface area contributed by atoms with Crippen molar-refractivity contribution in [3.63, 3.8) is 0 Å². The summed E-state index contributed by atoms with van der Waals surface area (Å²) in [5.41, 5.74) is 6.80. The van der Waals surface area contributed by atoms with E-state index in [9.17, 15) is 0 Å². The van der Waals surface area contributed by atoms with Crippen molar-refractivity contribution in [3.8, 4) is 0 Å². The van der Waals surface area contributed by atoms with Crippen molar-refractivity contribution >= 4 is 15.9 Å². The van der Waals surface area contributed by atoms with Crippen LogP contribution in [0.4, 0.5) is 0 Å². The van der Waals surface area contributed by atoms with Gasteiger partial charge in [0.2, 0.25) is 0 Å². The molecule has 0 aliphatic carbocycles. The highest BCUT2D eigenvalue weighted by Gasteiger charge is 2.33. The second kappa shape index (κ2) is 3.92. The Hall–Kier alpha value is -0.520. The first-order valence-corrected chi connectivity index (χ1v) is 5.34. The van der Waals surface area contributed by atoms with E-state index in [2.05, 4.69) is 25.9 Å². The van der Waals surface area contributed by atoms with Crippen LogP contribution < -0.4 is 5.73 Å². The van der Waals surface area contributed by atoms with Crippen molar-refractivity contribution in [1.29, 1.82) is 0 Å². The van der Waals surface area contributed by atoms with Gasteiger partial charge in [0.25, 0.3) is 0 Å². The molecule has 0 spiro atoms. The maximum absolute atomic E-state index is 6.28. The zero-order valence-corrected chi connectivity index (χ0v) is 9.33. The van der Waals surface area contributed by atoms with Crippen LogP contribution >= 0.6 is 15.9 Å². The molecule has 0 bridgehead atoms. The van der Waals surface area contributed by atoms with Gasteiger partial charge in [0.1, 0.15) is 6.33 Å². The number of rotatable bonds is 1. The highest BCUT2D eigenvalue weighted by molar-refractivity contribution is 9.10. The number of aromatic nitrogens is 2. The van der Waals surface area contributed by atoms with Crippen molar-refractivity contribution in [1.82, 2.24) is 9.97 Å². The van der Waals surface area contributed by atoms with Crippen LogP contribution in [-0.2, 0) is 10.3 Å². The lowest BCUT2D eigenvalue weighted by molar-refractivity contribution is 0.0505. The summed E-state index contributed by atoms with van der Waals surface area (Å²) < 4.78 is 6.17. The van der Waals surface area contributed by atoms with Crippen LogP contribution in [0.3, 0.4) is 0 Å². The van der Waals surface area contributed by atoms with Crippen molar-refractivity contribution in [2.24, 2.45) is 5.73 Å². The summed E-state index contributed by atoms with van der Waals surface area (Å²) in [7, 11) is 0. The molecule has 14 heavy (non-hydrogen) atoms. The van der Waals surface area contributed by atoms with Crippen LogP contribution in [0.2, 0.25) is 0 Å². The van der Waals surface area contributed by atoms with Gasteiger partial charge < -0.3 is 10.5 Å². The molecule has 0 amide bonds. The molecule has 0 atom stereocenters. The van der Waals surface area contributed by atoms with Gasteiger partial charge in [-0.25, -0.2) is 9.97 Å². The topological polar surface area (TPSA) is 61.0 Å². The zero-order valence-electron chi connectivity index (χ0n) is 7.74. The fourth-order valence-corrected chi connectivity index (χ4v) is 2.27. The Balaban J connectivity index is 2.32. The second-order valence-electron chi connectivity index (χ2n) is 3.49. The van der Waals surface area contributed by atoms with E-state index in [0.29, 0.717) is 13.2 Å². The van der Waals surface area contributed by atoms with Gasteiger partial charge in [0.05, 0.1) is 15.7 Å². The molecular weight excluding hydrogens is 246 g/mol. The van der Waals surface area contributed by atoms with E-state index in [-0.39, 0.29) is 5.54 Å². The third kappa shape index (κ3) is 1.80. The summed E-state index contributed by atoms with van der Waals surface area (Å²) in [6.07, 6.45) is 4.88. The van der Waals surface area contributed by atoms with Gasteiger partial charge >= 0.3 is 0 Å². The summed E-state index contributed by atoms with van der Waals surface area (Å²) >= 11 is 3.42. The van der Waals surface area contributed by atoms with Crippen LogP contribution in [0.25, 0.3) is 0 Å². The predicted octanol–water partition coefficient (Wildman–Crippen LogP) is 1.20. The predicted molar refractivity (Wildman–Crippen MR) is 55.7 cm³/mol. The molecule has 4 nitrogen and oxygen atoms in total. The Kier molecular flexibility index (Phi) is 2.80. The van der Waals surface area contributed by atoms with E-state index in [4.69, 9.17) is 10.5 Å². The van der Waals surface area contributed by atoms with Gasteiger partial charge in [-0.1, -0.05) is 0 Å². The van der Waals surface area contributed by atoms with Gasteiger partial charge in [-0.05, 0) is 28.8 Å². The van der Waals surface area contributed by atoms with Crippen LogP contribution in [0.15, 0.2) is 17.0 Å². The van der Waals surface area contributed by atoms with Gasteiger partial charge in [-0.2, -0.15) is 0 Å². The van der Waals surface area contributed by atoms with Crippen molar-refractivity contribution in [2.75, 3.05) is 13.2 Å². The quantitative estimate of drug-likeness (QED) is 0.822. The third-order valence-electron chi connectivity index (χ3n) is 2.52. The first-order valence-electron chi connectivity index (χ1n) is 4.55. The molecule has 0 unspecified atom stereocenters. The van der Waals surface area contributed by atoms with Gasteiger partial charge in [-0.15, -0.1) is 0 Å². The lowest BCUT2D eigenvalue weighted by atomic mass is 9.88. The molecule has 5 heteroatoms. The number of hydrogen-bond acceptors (Lipinski definition) is 4. The minimum atomic E-state index is -0.361. The van der Waals surface area contributed by atoms with Crippen LogP contribution in [0.1, 0.15) is 18.5 Å². The van der Waals surface area contributed by atoms with E-state index in [1.807, 2.05) is 0 Å². The third-order valence-corrected chi connectivity index (χ3v) is 3.10. The number of hydrogen-bond donors (Lipinski definition) is 1. The average molecular weight is 258 g/mol. The fraction of sp³-hybridized carbons (Fsp3) is 0.556. The van der Waals surface area contributed by atoms with Gasteiger partial charge in [-0.3, -0.25) is 0 Å². The van der Waals surface area contributed by atoms with Crippen LogP contribution in [0, 0.1) is 0 Å². The molecule has 1 aliphatic rings. The smallest absolute Gasteiger partial charge is 0.115 e. The molecule has 0 radical (unpaired) electrons. The van der Waals surface area contributed by atoms with E-state index in [0.717, 1.165) is 23.0 Å². The first-order chi connectivity index (χ1) is 6.72. The van der Waals surface area contributed by atoms with Crippen LogP contribution in [0.5, 0.6) is 0 Å². The fourth-order valence-electron chi connectivity index (χ4n) is 1.65. The van der Waals surface area contributed by atoms with E-state index in [1.54, 1.807) is 6.20 Å². The number of ether oxygens (including phenoxy) is 1. The molecule has 2 heterocycles. The molecule has 1 aromatic heterocycles. The molecule has 0 aromatic carbocycles. The number of nitrogens with two attached hydrogens (primary N) is 1. The Morgan fingerprint density at radius 1 is 1.43 bits per heavy atom. The minimum Gasteiger partial charge on any atom is -0.381 e. The summed E-state index contributed by atoms with van der Waals surface area (Å²) in [5.74, 6) is 0. The minimum absolute atomic E-state index is 0.361. The maximum atomic E-state index is 6.28. The summed E-state index contributed by atoms with van der Waals surface area (Å²) in [4.78, 5) is 8.16. The molecule has 1 fully saturated rings. The van der Waals surface area contributed by atoms with E-state index in [1.165, 1.54) is 6.33 Å². The Bertz CT molecular complexity index is 326. The highest BCUT2D eigenvalue weighted by Crippen LogP contribution is 2.31. The lowest BCUT2D eigenvalue weighted by Crippen LogP contribution is -2.43. The monoisotopic (exact) mass is 257 g/mol. The molecule has 2 rings (SSSR count). The molecule has 1 aromatic rings. The van der Waals surface area contributed by atoms with E-state index >= 15 is 0 Å². The molecule has 0 saturated carbocycles. The molecule has 2 N–H and O–H groups in total. The molecular formula is C9H12BrN3O. The SMILES string of the molecule is NC1(c2ncncc2Br)CCOCC1. The average Bonchev–Trinajstić information content (AvgIpc) is 2.19. The first kappa shape index (κ1) is 10.0. The summed E-state index contributed by atoms with van der Waals surface area (Å²) in [5, 5.41) is 0. The van der Waals surface area contributed by atoms with Crippen molar-refractivity contribution in [3.05, 3.63) is 22.7 Å². The maximum Gasteiger partial charge on any atom is 0.115 e. The molecule has 76 valence electrons. The van der Waals surface area contributed by atoms with Gasteiger partial charge in [0.15, 0.2) is 0 Å². The normalized spacial score (nSPS) is 20.7. The highest BCUT2D eigenvalue weighted by atomic mass is 79.9. The van der Waals surface area contributed by atoms with E-state index < -0.39 is 0 Å². The van der Waals surface area contributed by atoms with Crippen LogP contribution in [-0.4, -0.2) is 23.2 Å².